The average Bonchev–Trinajstić information content (AvgIpc) is 2.31. The van der Waals surface area contributed by atoms with Crippen LogP contribution in [0.3, 0.4) is 0 Å². The summed E-state index contributed by atoms with van der Waals surface area (Å²) >= 11 is 6.08. The van der Waals surface area contributed by atoms with Gasteiger partial charge in [-0.05, 0) is 61.6 Å². The normalized spacial score (nSPS) is 24.9. The van der Waals surface area contributed by atoms with Gasteiger partial charge >= 0.3 is 0 Å². The molecule has 1 saturated carbocycles. The summed E-state index contributed by atoms with van der Waals surface area (Å²) in [5, 5.41) is 9.46. The third-order valence-corrected chi connectivity index (χ3v) is 4.11. The van der Waals surface area contributed by atoms with Gasteiger partial charge in [0, 0.05) is 11.6 Å². The van der Waals surface area contributed by atoms with Crippen molar-refractivity contribution >= 4 is 11.6 Å². The van der Waals surface area contributed by atoms with Crippen LogP contribution in [0.4, 0.5) is 4.39 Å². The summed E-state index contributed by atoms with van der Waals surface area (Å²) in [4.78, 5) is 0. The maximum absolute atomic E-state index is 13.0. The molecule has 0 atom stereocenters. The summed E-state index contributed by atoms with van der Waals surface area (Å²) in [5.41, 5.74) is 1.08. The first kappa shape index (κ1) is 12.8. The van der Waals surface area contributed by atoms with Crippen molar-refractivity contribution in [2.24, 2.45) is 5.92 Å². The van der Waals surface area contributed by atoms with E-state index >= 15 is 0 Å². The molecule has 0 heterocycles. The molecule has 94 valence electrons. The van der Waals surface area contributed by atoms with E-state index in [1.165, 1.54) is 12.1 Å². The fourth-order valence-electron chi connectivity index (χ4n) is 2.78. The van der Waals surface area contributed by atoms with Crippen LogP contribution in [-0.4, -0.2) is 11.7 Å². The van der Waals surface area contributed by atoms with E-state index in [-0.39, 0.29) is 12.4 Å². The third kappa shape index (κ3) is 3.20. The molecule has 1 aromatic carbocycles. The van der Waals surface area contributed by atoms with E-state index in [4.69, 9.17) is 16.7 Å². The number of hydrogen-bond acceptors (Lipinski definition) is 1. The summed E-state index contributed by atoms with van der Waals surface area (Å²) in [6, 6.07) is 4.70. The second-order valence-electron chi connectivity index (χ2n) is 4.90. The average molecular weight is 257 g/mol. The van der Waals surface area contributed by atoms with Gasteiger partial charge in [-0.25, -0.2) is 4.39 Å². The second kappa shape index (κ2) is 5.83. The van der Waals surface area contributed by atoms with Gasteiger partial charge in [0.25, 0.3) is 0 Å². The van der Waals surface area contributed by atoms with Crippen molar-refractivity contribution in [1.29, 1.82) is 0 Å². The molecule has 1 aliphatic rings. The fourth-order valence-corrected chi connectivity index (χ4v) is 3.10. The van der Waals surface area contributed by atoms with Gasteiger partial charge in [-0.1, -0.05) is 17.7 Å². The first-order valence-corrected chi connectivity index (χ1v) is 6.64. The van der Waals surface area contributed by atoms with Crippen LogP contribution in [0.1, 0.15) is 43.6 Å². The molecule has 1 nitrogen and oxygen atoms in total. The third-order valence-electron chi connectivity index (χ3n) is 3.79. The lowest BCUT2D eigenvalue weighted by Crippen LogP contribution is -2.14. The van der Waals surface area contributed by atoms with Gasteiger partial charge in [-0.3, -0.25) is 0 Å². The SMILES string of the molecule is OCC[C@H]1CC[C@@H](c2ccc(F)cc2Cl)CC1. The summed E-state index contributed by atoms with van der Waals surface area (Å²) in [6.45, 7) is 0.284. The number of rotatable bonds is 3. The molecule has 0 bridgehead atoms. The number of benzene rings is 1. The quantitative estimate of drug-likeness (QED) is 0.862. The molecule has 2 rings (SSSR count). The smallest absolute Gasteiger partial charge is 0.124 e. The highest BCUT2D eigenvalue weighted by molar-refractivity contribution is 6.31. The second-order valence-corrected chi connectivity index (χ2v) is 5.30. The molecule has 1 N–H and O–H groups in total. The van der Waals surface area contributed by atoms with Crippen LogP contribution < -0.4 is 0 Å². The first-order valence-electron chi connectivity index (χ1n) is 6.26. The van der Waals surface area contributed by atoms with E-state index in [9.17, 15) is 4.39 Å². The van der Waals surface area contributed by atoms with Gasteiger partial charge in [-0.2, -0.15) is 0 Å². The molecular weight excluding hydrogens is 239 g/mol. The Balaban J connectivity index is 2.00. The fraction of sp³-hybridized carbons (Fsp3) is 0.571. The molecule has 0 unspecified atom stereocenters. The largest absolute Gasteiger partial charge is 0.396 e. The van der Waals surface area contributed by atoms with E-state index in [0.29, 0.717) is 16.9 Å². The standard InChI is InChI=1S/C14H18ClFO/c15-14-9-12(16)5-6-13(14)11-3-1-10(2-4-11)7-8-17/h5-6,9-11,17H,1-4,7-8H2/t10-,11+. The lowest BCUT2D eigenvalue weighted by Gasteiger charge is -2.28. The first-order chi connectivity index (χ1) is 8.20. The molecule has 0 radical (unpaired) electrons. The van der Waals surface area contributed by atoms with Gasteiger partial charge in [0.15, 0.2) is 0 Å². The molecular formula is C14H18ClFO. The molecule has 0 saturated heterocycles. The highest BCUT2D eigenvalue weighted by Crippen LogP contribution is 2.39. The van der Waals surface area contributed by atoms with Crippen LogP contribution >= 0.6 is 11.6 Å². The Morgan fingerprint density at radius 2 is 1.94 bits per heavy atom. The van der Waals surface area contributed by atoms with E-state index in [1.54, 1.807) is 0 Å². The van der Waals surface area contributed by atoms with Gasteiger partial charge in [0.1, 0.15) is 5.82 Å². The number of hydrogen-bond donors (Lipinski definition) is 1. The molecule has 1 fully saturated rings. The summed E-state index contributed by atoms with van der Waals surface area (Å²) < 4.78 is 13.0. The number of aliphatic hydroxyl groups is 1. The number of aliphatic hydroxyl groups excluding tert-OH is 1. The van der Waals surface area contributed by atoms with E-state index in [0.717, 1.165) is 37.7 Å². The van der Waals surface area contributed by atoms with Crippen molar-refractivity contribution in [1.82, 2.24) is 0 Å². The van der Waals surface area contributed by atoms with E-state index < -0.39 is 0 Å². The van der Waals surface area contributed by atoms with Crippen molar-refractivity contribution in [3.63, 3.8) is 0 Å². The van der Waals surface area contributed by atoms with Crippen molar-refractivity contribution in [2.75, 3.05) is 6.61 Å². The zero-order valence-corrected chi connectivity index (χ0v) is 10.6. The predicted octanol–water partition coefficient (Wildman–Crippen LogP) is 4.14. The Morgan fingerprint density at radius 1 is 1.24 bits per heavy atom. The number of halogens is 2. The Labute approximate surface area is 107 Å². The highest BCUT2D eigenvalue weighted by atomic mass is 35.5. The van der Waals surface area contributed by atoms with E-state index in [2.05, 4.69) is 0 Å². The topological polar surface area (TPSA) is 20.2 Å². The van der Waals surface area contributed by atoms with Crippen LogP contribution in [0.2, 0.25) is 5.02 Å². The summed E-state index contributed by atoms with van der Waals surface area (Å²) in [7, 11) is 0. The molecule has 3 heteroatoms. The summed E-state index contributed by atoms with van der Waals surface area (Å²) in [6.07, 6.45) is 5.37. The van der Waals surface area contributed by atoms with Crippen LogP contribution in [0.5, 0.6) is 0 Å². The van der Waals surface area contributed by atoms with Crippen LogP contribution in [0.25, 0.3) is 0 Å². The minimum Gasteiger partial charge on any atom is -0.396 e. The Bertz CT molecular complexity index is 372. The molecule has 1 aliphatic carbocycles. The molecule has 0 aromatic heterocycles. The van der Waals surface area contributed by atoms with Crippen LogP contribution in [0, 0.1) is 11.7 Å². The summed E-state index contributed by atoms with van der Waals surface area (Å²) in [5.74, 6) is 0.834. The lowest BCUT2D eigenvalue weighted by molar-refractivity contribution is 0.222. The van der Waals surface area contributed by atoms with E-state index in [1.807, 2.05) is 6.07 Å². The van der Waals surface area contributed by atoms with Crippen LogP contribution in [-0.2, 0) is 0 Å². The minimum absolute atomic E-state index is 0.271. The maximum atomic E-state index is 13.0. The Kier molecular flexibility index (Phi) is 4.41. The monoisotopic (exact) mass is 256 g/mol. The van der Waals surface area contributed by atoms with Crippen molar-refractivity contribution in [3.05, 3.63) is 34.6 Å². The maximum Gasteiger partial charge on any atom is 0.124 e. The molecule has 1 aromatic rings. The van der Waals surface area contributed by atoms with Gasteiger partial charge in [-0.15, -0.1) is 0 Å². The van der Waals surface area contributed by atoms with Crippen molar-refractivity contribution in [3.8, 4) is 0 Å². The molecule has 0 amide bonds. The van der Waals surface area contributed by atoms with Gasteiger partial charge in [0.2, 0.25) is 0 Å². The van der Waals surface area contributed by atoms with Gasteiger partial charge < -0.3 is 5.11 Å². The zero-order valence-electron chi connectivity index (χ0n) is 9.83. The molecule has 17 heavy (non-hydrogen) atoms. The zero-order chi connectivity index (χ0) is 12.3. The van der Waals surface area contributed by atoms with Crippen molar-refractivity contribution in [2.45, 2.75) is 38.0 Å². The minimum atomic E-state index is -0.271. The Hall–Kier alpha value is -0.600. The molecule has 0 spiro atoms. The molecule has 0 aliphatic heterocycles. The predicted molar refractivity (Wildman–Crippen MR) is 67.8 cm³/mol. The van der Waals surface area contributed by atoms with Gasteiger partial charge in [0.05, 0.1) is 0 Å². The van der Waals surface area contributed by atoms with Crippen molar-refractivity contribution < 1.29 is 9.50 Å². The highest BCUT2D eigenvalue weighted by Gasteiger charge is 2.23. The lowest BCUT2D eigenvalue weighted by atomic mass is 9.77. The van der Waals surface area contributed by atoms with Crippen LogP contribution in [0.15, 0.2) is 18.2 Å². The Morgan fingerprint density at radius 3 is 2.53 bits per heavy atom.